The van der Waals surface area contributed by atoms with Gasteiger partial charge in [0.15, 0.2) is 0 Å². The van der Waals surface area contributed by atoms with Crippen molar-refractivity contribution in [2.75, 3.05) is 0 Å². The molecule has 0 bridgehead atoms. The fraction of sp³-hybridized carbons (Fsp3) is 0.875. The quantitative estimate of drug-likeness (QED) is 0.481. The summed E-state index contributed by atoms with van der Waals surface area (Å²) in [6, 6.07) is 0. The van der Waals surface area contributed by atoms with Gasteiger partial charge < -0.3 is 0 Å². The van der Waals surface area contributed by atoms with Gasteiger partial charge in [0.25, 0.3) is 0 Å². The van der Waals surface area contributed by atoms with Gasteiger partial charge in [-0.3, -0.25) is 4.79 Å². The molecule has 9 heavy (non-hydrogen) atoms. The maximum absolute atomic E-state index is 11.1. The minimum Gasteiger partial charge on any atom is -0.298 e. The Balaban J connectivity index is 2.40. The lowest BCUT2D eigenvalue weighted by molar-refractivity contribution is -0.115. The molecule has 2 atom stereocenters. The molecule has 2 saturated carbocycles. The molecule has 0 unspecified atom stereocenters. The van der Waals surface area contributed by atoms with Gasteiger partial charge in [-0.2, -0.15) is 0 Å². The molecule has 0 aromatic rings. The van der Waals surface area contributed by atoms with Gasteiger partial charge in [0.05, 0.1) is 0 Å². The summed E-state index contributed by atoms with van der Waals surface area (Å²) in [6.07, 6.45) is 3.55. The van der Waals surface area contributed by atoms with Crippen LogP contribution in [0.4, 0.5) is 0 Å². The predicted octanol–water partition coefficient (Wildman–Crippen LogP) is 1.77. The summed E-state index contributed by atoms with van der Waals surface area (Å²) < 4.78 is 0. The molecular weight excluding hydrogens is 112 g/mol. The molecule has 2 aliphatic rings. The van der Waals surface area contributed by atoms with Crippen LogP contribution in [0.15, 0.2) is 0 Å². The molecule has 0 heterocycles. The lowest BCUT2D eigenvalue weighted by Crippen LogP contribution is -1.95. The summed E-state index contributed by atoms with van der Waals surface area (Å²) in [5.41, 5.74) is 0.236. The van der Waals surface area contributed by atoms with Gasteiger partial charge in [-0.05, 0) is 12.8 Å². The molecule has 1 nitrogen and oxygen atoms in total. The van der Waals surface area contributed by atoms with Crippen molar-refractivity contribution in [3.05, 3.63) is 0 Å². The number of carbonyl (C=O) groups excluding carboxylic acids is 1. The molecule has 2 rings (SSSR count). The summed E-state index contributed by atoms with van der Waals surface area (Å²) in [5.74, 6) is 0.515. The van der Waals surface area contributed by atoms with E-state index in [0.717, 1.165) is 12.8 Å². The zero-order valence-electron chi connectivity index (χ0n) is 6.03. The van der Waals surface area contributed by atoms with Crippen molar-refractivity contribution in [3.8, 4) is 0 Å². The van der Waals surface area contributed by atoms with Crippen molar-refractivity contribution in [2.24, 2.45) is 10.8 Å². The molecule has 0 radical (unpaired) electrons. The minimum atomic E-state index is 0.118. The third-order valence-corrected chi connectivity index (χ3v) is 3.51. The average Bonchev–Trinajstić information content (AvgIpc) is 2.20. The minimum absolute atomic E-state index is 0.118. The van der Waals surface area contributed by atoms with E-state index in [1.165, 1.54) is 6.42 Å². The fourth-order valence-electron chi connectivity index (χ4n) is 2.35. The van der Waals surface area contributed by atoms with Gasteiger partial charge in [0.2, 0.25) is 0 Å². The summed E-state index contributed by atoms with van der Waals surface area (Å²) >= 11 is 0. The van der Waals surface area contributed by atoms with Gasteiger partial charge in [0.1, 0.15) is 5.78 Å². The second-order valence-electron chi connectivity index (χ2n) is 3.85. The van der Waals surface area contributed by atoms with Crippen LogP contribution in [0.3, 0.4) is 0 Å². The van der Waals surface area contributed by atoms with Crippen molar-refractivity contribution in [3.63, 3.8) is 0 Å². The number of Topliss-reactive ketones (excluding diaryl/α,β-unsaturated/α-hetero) is 1. The maximum Gasteiger partial charge on any atom is 0.146 e. The second-order valence-corrected chi connectivity index (χ2v) is 3.85. The molecule has 0 aromatic carbocycles. The van der Waals surface area contributed by atoms with Crippen LogP contribution in [0.2, 0.25) is 0 Å². The van der Waals surface area contributed by atoms with Gasteiger partial charge in [-0.1, -0.05) is 20.3 Å². The van der Waals surface area contributed by atoms with Crippen LogP contribution in [-0.4, -0.2) is 5.78 Å². The Morgan fingerprint density at radius 2 is 1.67 bits per heavy atom. The van der Waals surface area contributed by atoms with E-state index in [1.54, 1.807) is 0 Å². The van der Waals surface area contributed by atoms with Crippen LogP contribution < -0.4 is 0 Å². The van der Waals surface area contributed by atoms with E-state index in [1.807, 2.05) is 0 Å². The molecular formula is C8H12O. The van der Waals surface area contributed by atoms with E-state index < -0.39 is 0 Å². The molecule has 1 heteroatoms. The van der Waals surface area contributed by atoms with Gasteiger partial charge in [0, 0.05) is 10.8 Å². The lowest BCUT2D eigenvalue weighted by atomic mass is 10.0. The molecule has 0 N–H and O–H groups in total. The Morgan fingerprint density at radius 3 is 1.89 bits per heavy atom. The normalized spacial score (nSPS) is 55.6. The second kappa shape index (κ2) is 1.09. The van der Waals surface area contributed by atoms with Crippen molar-refractivity contribution in [2.45, 2.75) is 33.1 Å². The van der Waals surface area contributed by atoms with E-state index in [0.29, 0.717) is 5.78 Å². The van der Waals surface area contributed by atoms with E-state index >= 15 is 0 Å². The van der Waals surface area contributed by atoms with Crippen LogP contribution in [0, 0.1) is 10.8 Å². The zero-order valence-corrected chi connectivity index (χ0v) is 6.03. The van der Waals surface area contributed by atoms with Crippen LogP contribution in [0.25, 0.3) is 0 Å². The largest absolute Gasteiger partial charge is 0.298 e. The Labute approximate surface area is 55.4 Å². The highest BCUT2D eigenvalue weighted by molar-refractivity contribution is 6.08. The fourth-order valence-corrected chi connectivity index (χ4v) is 2.35. The van der Waals surface area contributed by atoms with E-state index in [9.17, 15) is 4.79 Å². The Morgan fingerprint density at radius 1 is 1.22 bits per heavy atom. The third kappa shape index (κ3) is 0.347. The summed E-state index contributed by atoms with van der Waals surface area (Å²) in [4.78, 5) is 11.1. The van der Waals surface area contributed by atoms with Crippen molar-refractivity contribution in [1.82, 2.24) is 0 Å². The Kier molecular flexibility index (Phi) is 0.662. The topological polar surface area (TPSA) is 17.1 Å². The highest BCUT2D eigenvalue weighted by Crippen LogP contribution is 2.69. The van der Waals surface area contributed by atoms with Crippen molar-refractivity contribution in [1.29, 1.82) is 0 Å². The zero-order chi connectivity index (χ0) is 6.70. The number of hydrogen-bond donors (Lipinski definition) is 0. The predicted molar refractivity (Wildman–Crippen MR) is 35.1 cm³/mol. The SMILES string of the molecule is C[C@@]12CCC[C@]1(C)C2=O. The number of rotatable bonds is 0. The molecule has 0 spiro atoms. The smallest absolute Gasteiger partial charge is 0.146 e. The lowest BCUT2D eigenvalue weighted by Gasteiger charge is -1.99. The maximum atomic E-state index is 11.1. The Hall–Kier alpha value is -0.330. The number of carbonyl (C=O) groups is 1. The molecule has 2 aliphatic carbocycles. The molecule has 0 saturated heterocycles. The van der Waals surface area contributed by atoms with Gasteiger partial charge in [-0.15, -0.1) is 0 Å². The van der Waals surface area contributed by atoms with E-state index in [4.69, 9.17) is 0 Å². The first kappa shape index (κ1) is 5.45. The van der Waals surface area contributed by atoms with Crippen molar-refractivity contribution < 1.29 is 4.79 Å². The number of ketones is 1. The van der Waals surface area contributed by atoms with Crippen LogP contribution in [-0.2, 0) is 4.79 Å². The monoisotopic (exact) mass is 124 g/mol. The van der Waals surface area contributed by atoms with Gasteiger partial charge >= 0.3 is 0 Å². The summed E-state index contributed by atoms with van der Waals surface area (Å²) in [5, 5.41) is 0. The van der Waals surface area contributed by atoms with E-state index in [2.05, 4.69) is 13.8 Å². The first-order chi connectivity index (χ1) is 4.11. The standard InChI is InChI=1S/C8H12O/c1-7-4-3-5-8(7,2)6(7)9/h3-5H2,1-2H3/t7-,8+. The third-order valence-electron chi connectivity index (χ3n) is 3.51. The molecule has 0 aromatic heterocycles. The first-order valence-corrected chi connectivity index (χ1v) is 3.66. The van der Waals surface area contributed by atoms with Crippen LogP contribution >= 0.6 is 0 Å². The van der Waals surface area contributed by atoms with Crippen LogP contribution in [0.1, 0.15) is 33.1 Å². The van der Waals surface area contributed by atoms with E-state index in [-0.39, 0.29) is 10.8 Å². The highest BCUT2D eigenvalue weighted by atomic mass is 16.1. The average molecular weight is 124 g/mol. The first-order valence-electron chi connectivity index (χ1n) is 3.66. The number of hydrogen-bond acceptors (Lipinski definition) is 1. The highest BCUT2D eigenvalue weighted by Gasteiger charge is 2.72. The van der Waals surface area contributed by atoms with Crippen LogP contribution in [0.5, 0.6) is 0 Å². The molecule has 50 valence electrons. The molecule has 2 fully saturated rings. The molecule has 0 amide bonds. The molecule has 0 aliphatic heterocycles. The number of fused-ring (bicyclic) bond motifs is 1. The Bertz CT molecular complexity index is 167. The summed E-state index contributed by atoms with van der Waals surface area (Å²) in [7, 11) is 0. The van der Waals surface area contributed by atoms with Crippen molar-refractivity contribution >= 4 is 5.78 Å². The van der Waals surface area contributed by atoms with Gasteiger partial charge in [-0.25, -0.2) is 0 Å². The summed E-state index contributed by atoms with van der Waals surface area (Å²) in [6.45, 7) is 4.23.